The number of benzene rings is 2. The van der Waals surface area contributed by atoms with Gasteiger partial charge < -0.3 is 10.7 Å². The Morgan fingerprint density at radius 3 is 2.75 bits per heavy atom. The number of carbonyl (C=O) groups excluding carboxylic acids is 1. The normalized spacial score (nSPS) is 10.9. The van der Waals surface area contributed by atoms with Crippen LogP contribution in [-0.2, 0) is 0 Å². The molecule has 0 spiro atoms. The molecule has 0 amide bonds. The van der Waals surface area contributed by atoms with Crippen LogP contribution in [0.25, 0.3) is 10.9 Å². The van der Waals surface area contributed by atoms with E-state index in [1.54, 1.807) is 24.4 Å². The number of aromatic nitrogens is 1. The summed E-state index contributed by atoms with van der Waals surface area (Å²) in [7, 11) is 0. The first kappa shape index (κ1) is 12.7. The fourth-order valence-electron chi connectivity index (χ4n) is 2.14. The minimum atomic E-state index is -0.398. The van der Waals surface area contributed by atoms with Crippen molar-refractivity contribution in [2.45, 2.75) is 0 Å². The molecule has 3 rings (SSSR count). The molecule has 0 atom stereocenters. The molecule has 3 N–H and O–H groups in total. The lowest BCUT2D eigenvalue weighted by molar-refractivity contribution is 0.104. The molecule has 0 fully saturated rings. The lowest BCUT2D eigenvalue weighted by Gasteiger charge is -2.04. The molecule has 0 radical (unpaired) electrons. The topological polar surface area (TPSA) is 58.9 Å². The van der Waals surface area contributed by atoms with Gasteiger partial charge in [-0.25, -0.2) is 4.39 Å². The first-order valence-corrected chi connectivity index (χ1v) is 6.30. The van der Waals surface area contributed by atoms with Crippen molar-refractivity contribution in [3.8, 4) is 0 Å². The van der Waals surface area contributed by atoms with Crippen LogP contribution in [0.1, 0.15) is 15.9 Å². The number of fused-ring (bicyclic) bond motifs is 1. The summed E-state index contributed by atoms with van der Waals surface area (Å²) >= 11 is 6.03. The molecule has 100 valence electrons. The average Bonchev–Trinajstić information content (AvgIpc) is 2.83. The van der Waals surface area contributed by atoms with E-state index in [4.69, 9.17) is 17.3 Å². The number of nitrogen functional groups attached to an aromatic ring is 1. The molecule has 0 aliphatic rings. The number of aromatic amines is 1. The van der Waals surface area contributed by atoms with Gasteiger partial charge in [0.05, 0.1) is 5.02 Å². The Kier molecular flexibility index (Phi) is 2.95. The zero-order valence-corrected chi connectivity index (χ0v) is 11.0. The highest BCUT2D eigenvalue weighted by molar-refractivity contribution is 6.35. The Balaban J connectivity index is 2.17. The van der Waals surface area contributed by atoms with Gasteiger partial charge in [0.25, 0.3) is 0 Å². The summed E-state index contributed by atoms with van der Waals surface area (Å²) in [5.74, 6) is -0.691. The Labute approximate surface area is 119 Å². The van der Waals surface area contributed by atoms with Crippen molar-refractivity contribution in [1.82, 2.24) is 4.98 Å². The maximum absolute atomic E-state index is 13.3. The lowest BCUT2D eigenvalue weighted by Crippen LogP contribution is -2.02. The summed E-state index contributed by atoms with van der Waals surface area (Å²) < 4.78 is 13.3. The standard InChI is InChI=1S/C15H10ClFN2O/c16-13-3-2-9(18)6-11(13)15(20)12-7-19-14-4-1-8(17)5-10(12)14/h1-7,19H,18H2. The number of hydrogen-bond donors (Lipinski definition) is 2. The van der Waals surface area contributed by atoms with Gasteiger partial charge in [-0.2, -0.15) is 0 Å². The molecule has 1 heterocycles. The summed E-state index contributed by atoms with van der Waals surface area (Å²) in [5.41, 5.74) is 7.48. The van der Waals surface area contributed by atoms with E-state index < -0.39 is 5.82 Å². The number of anilines is 1. The number of rotatable bonds is 2. The van der Waals surface area contributed by atoms with Gasteiger partial charge in [0.1, 0.15) is 5.82 Å². The maximum atomic E-state index is 13.3. The number of H-pyrrole nitrogens is 1. The second-order valence-corrected chi connectivity index (χ2v) is 4.87. The fraction of sp³-hybridized carbons (Fsp3) is 0. The van der Waals surface area contributed by atoms with Gasteiger partial charge in [-0.05, 0) is 36.4 Å². The van der Waals surface area contributed by atoms with Gasteiger partial charge in [0.2, 0.25) is 0 Å². The van der Waals surface area contributed by atoms with Gasteiger partial charge in [-0.3, -0.25) is 4.79 Å². The molecule has 5 heteroatoms. The summed E-state index contributed by atoms with van der Waals surface area (Å²) in [4.78, 5) is 15.5. The van der Waals surface area contributed by atoms with Crippen molar-refractivity contribution in [3.63, 3.8) is 0 Å². The molecule has 20 heavy (non-hydrogen) atoms. The number of nitrogens with two attached hydrogens (primary N) is 1. The Morgan fingerprint density at radius 1 is 1.15 bits per heavy atom. The smallest absolute Gasteiger partial charge is 0.196 e. The van der Waals surface area contributed by atoms with Crippen molar-refractivity contribution in [2.24, 2.45) is 0 Å². The van der Waals surface area contributed by atoms with Gasteiger partial charge >= 0.3 is 0 Å². The van der Waals surface area contributed by atoms with Crippen LogP contribution in [0, 0.1) is 5.82 Å². The highest BCUT2D eigenvalue weighted by atomic mass is 35.5. The molecule has 0 saturated carbocycles. The Morgan fingerprint density at radius 2 is 1.95 bits per heavy atom. The van der Waals surface area contributed by atoms with Gasteiger partial charge in [-0.15, -0.1) is 0 Å². The highest BCUT2D eigenvalue weighted by Crippen LogP contribution is 2.26. The molecule has 0 aliphatic carbocycles. The molecule has 1 aromatic heterocycles. The molecule has 0 saturated heterocycles. The van der Waals surface area contributed by atoms with Crippen LogP contribution in [0.4, 0.5) is 10.1 Å². The number of halogens is 2. The molecule has 0 bridgehead atoms. The second kappa shape index (κ2) is 4.65. The Hall–Kier alpha value is -2.33. The predicted octanol–water partition coefficient (Wildman–Crippen LogP) is 3.77. The van der Waals surface area contributed by atoms with E-state index in [0.717, 1.165) is 0 Å². The lowest BCUT2D eigenvalue weighted by atomic mass is 10.0. The van der Waals surface area contributed by atoms with Crippen LogP contribution < -0.4 is 5.73 Å². The van der Waals surface area contributed by atoms with Crippen molar-refractivity contribution in [3.05, 3.63) is 64.6 Å². The second-order valence-electron chi connectivity index (χ2n) is 4.46. The molecular weight excluding hydrogens is 279 g/mol. The first-order valence-electron chi connectivity index (χ1n) is 5.92. The molecule has 2 aromatic carbocycles. The van der Waals surface area contributed by atoms with Crippen molar-refractivity contribution in [1.29, 1.82) is 0 Å². The third-order valence-corrected chi connectivity index (χ3v) is 3.45. The summed E-state index contributed by atoms with van der Waals surface area (Å²) in [6, 6.07) is 8.94. The summed E-state index contributed by atoms with van der Waals surface area (Å²) in [6.45, 7) is 0. The van der Waals surface area contributed by atoms with Gasteiger partial charge in [-0.1, -0.05) is 11.6 Å². The average molecular weight is 289 g/mol. The maximum Gasteiger partial charge on any atom is 0.196 e. The number of ketones is 1. The van der Waals surface area contributed by atoms with Gasteiger partial charge in [0.15, 0.2) is 5.78 Å². The molecule has 3 aromatic rings. The van der Waals surface area contributed by atoms with Crippen LogP contribution in [0.2, 0.25) is 5.02 Å². The van der Waals surface area contributed by atoms with Crippen molar-refractivity contribution in [2.75, 3.05) is 5.73 Å². The molecule has 3 nitrogen and oxygen atoms in total. The number of hydrogen-bond acceptors (Lipinski definition) is 2. The van der Waals surface area contributed by atoms with E-state index in [1.807, 2.05) is 0 Å². The fourth-order valence-corrected chi connectivity index (χ4v) is 2.35. The minimum absolute atomic E-state index is 0.292. The SMILES string of the molecule is Nc1ccc(Cl)c(C(=O)c2c[nH]c3ccc(F)cc23)c1. The largest absolute Gasteiger partial charge is 0.399 e. The van der Waals surface area contributed by atoms with Crippen LogP contribution in [0.3, 0.4) is 0 Å². The van der Waals surface area contributed by atoms with Crippen molar-refractivity contribution < 1.29 is 9.18 Å². The summed E-state index contributed by atoms with van der Waals surface area (Å²) in [5, 5.41) is 0.837. The summed E-state index contributed by atoms with van der Waals surface area (Å²) in [6.07, 6.45) is 1.55. The highest BCUT2D eigenvalue weighted by Gasteiger charge is 2.17. The number of carbonyl (C=O) groups is 1. The van der Waals surface area contributed by atoms with Crippen LogP contribution in [0.15, 0.2) is 42.6 Å². The predicted molar refractivity (Wildman–Crippen MR) is 77.6 cm³/mol. The minimum Gasteiger partial charge on any atom is -0.399 e. The zero-order chi connectivity index (χ0) is 14.3. The van der Waals surface area contributed by atoms with E-state index in [1.165, 1.54) is 18.2 Å². The third-order valence-electron chi connectivity index (χ3n) is 3.12. The zero-order valence-electron chi connectivity index (χ0n) is 10.3. The first-order chi connectivity index (χ1) is 9.56. The van der Waals surface area contributed by atoms with E-state index in [-0.39, 0.29) is 5.78 Å². The van der Waals surface area contributed by atoms with E-state index in [9.17, 15) is 9.18 Å². The molecular formula is C15H10ClFN2O. The Bertz CT molecular complexity index is 826. The molecule has 0 unspecified atom stereocenters. The third kappa shape index (κ3) is 2.04. The quantitative estimate of drug-likeness (QED) is 0.557. The van der Waals surface area contributed by atoms with E-state index in [0.29, 0.717) is 32.7 Å². The van der Waals surface area contributed by atoms with Gasteiger partial charge in [0, 0.05) is 33.9 Å². The number of nitrogens with one attached hydrogen (secondary N) is 1. The van der Waals surface area contributed by atoms with E-state index >= 15 is 0 Å². The van der Waals surface area contributed by atoms with Crippen LogP contribution in [-0.4, -0.2) is 10.8 Å². The van der Waals surface area contributed by atoms with Crippen LogP contribution in [0.5, 0.6) is 0 Å². The van der Waals surface area contributed by atoms with Crippen LogP contribution >= 0.6 is 11.6 Å². The van der Waals surface area contributed by atoms with Crippen molar-refractivity contribution >= 4 is 34.0 Å². The monoisotopic (exact) mass is 288 g/mol. The molecule has 0 aliphatic heterocycles. The van der Waals surface area contributed by atoms with E-state index in [2.05, 4.69) is 4.98 Å².